The molecule has 15 heavy (non-hydrogen) atoms. The van der Waals surface area contributed by atoms with Gasteiger partial charge in [-0.2, -0.15) is 0 Å². The quantitative estimate of drug-likeness (QED) is 0.664. The molecule has 0 spiro atoms. The first-order chi connectivity index (χ1) is 7.18. The average Bonchev–Trinajstić information content (AvgIpc) is 2.20. The summed E-state index contributed by atoms with van der Waals surface area (Å²) >= 11 is 0. The number of nitrogens with one attached hydrogen (secondary N) is 1. The summed E-state index contributed by atoms with van der Waals surface area (Å²) in [6.45, 7) is 7.00. The highest BCUT2D eigenvalue weighted by atomic mass is 14.9. The van der Waals surface area contributed by atoms with Crippen LogP contribution in [0, 0.1) is 11.8 Å². The van der Waals surface area contributed by atoms with Gasteiger partial charge >= 0.3 is 0 Å². The Labute approximate surface area is 95.0 Å². The van der Waals surface area contributed by atoms with Gasteiger partial charge in [0.25, 0.3) is 0 Å². The van der Waals surface area contributed by atoms with Crippen molar-refractivity contribution >= 4 is 0 Å². The summed E-state index contributed by atoms with van der Waals surface area (Å²) in [6.07, 6.45) is 7.81. The van der Waals surface area contributed by atoms with Gasteiger partial charge in [-0.25, -0.2) is 0 Å². The summed E-state index contributed by atoms with van der Waals surface area (Å²) < 4.78 is 0. The highest BCUT2D eigenvalue weighted by Crippen LogP contribution is 2.22. The van der Waals surface area contributed by atoms with Crippen molar-refractivity contribution in [3.05, 3.63) is 0 Å². The first-order valence-corrected chi connectivity index (χ1v) is 6.64. The molecule has 90 valence electrons. The number of hydrogen-bond acceptors (Lipinski definition) is 2. The van der Waals surface area contributed by atoms with Crippen molar-refractivity contribution < 1.29 is 0 Å². The number of nitrogens with two attached hydrogens (primary N) is 1. The molecule has 0 amide bonds. The monoisotopic (exact) mass is 212 g/mol. The fraction of sp³-hybridized carbons (Fsp3) is 1.00. The topological polar surface area (TPSA) is 38.0 Å². The Kier molecular flexibility index (Phi) is 6.26. The van der Waals surface area contributed by atoms with Crippen LogP contribution in [0.1, 0.15) is 52.4 Å². The van der Waals surface area contributed by atoms with Crippen molar-refractivity contribution in [1.29, 1.82) is 0 Å². The molecule has 1 rings (SSSR count). The van der Waals surface area contributed by atoms with E-state index in [0.717, 1.165) is 11.8 Å². The van der Waals surface area contributed by atoms with Crippen LogP contribution in [-0.4, -0.2) is 19.1 Å². The summed E-state index contributed by atoms with van der Waals surface area (Å²) in [5.74, 6) is 1.74. The maximum Gasteiger partial charge on any atom is 0.00390 e. The van der Waals surface area contributed by atoms with Gasteiger partial charge in [0.05, 0.1) is 0 Å². The Bertz CT molecular complexity index is 149. The molecule has 1 saturated carbocycles. The zero-order valence-electron chi connectivity index (χ0n) is 10.5. The van der Waals surface area contributed by atoms with Gasteiger partial charge in [-0.1, -0.05) is 13.8 Å². The van der Waals surface area contributed by atoms with Crippen molar-refractivity contribution in [1.82, 2.24) is 5.32 Å². The van der Waals surface area contributed by atoms with Crippen molar-refractivity contribution in [2.45, 2.75) is 58.4 Å². The second-order valence-electron chi connectivity index (χ2n) is 5.52. The van der Waals surface area contributed by atoms with E-state index < -0.39 is 0 Å². The van der Waals surface area contributed by atoms with Crippen LogP contribution in [-0.2, 0) is 0 Å². The van der Waals surface area contributed by atoms with E-state index in [1.807, 2.05) is 0 Å². The van der Waals surface area contributed by atoms with Crippen molar-refractivity contribution in [2.24, 2.45) is 17.6 Å². The van der Waals surface area contributed by atoms with Gasteiger partial charge in [0.15, 0.2) is 0 Å². The Morgan fingerprint density at radius 3 is 2.47 bits per heavy atom. The van der Waals surface area contributed by atoms with Crippen LogP contribution >= 0.6 is 0 Å². The van der Waals surface area contributed by atoms with E-state index in [1.54, 1.807) is 0 Å². The fourth-order valence-electron chi connectivity index (χ4n) is 2.33. The first-order valence-electron chi connectivity index (χ1n) is 6.64. The highest BCUT2D eigenvalue weighted by Gasteiger charge is 2.17. The van der Waals surface area contributed by atoms with E-state index in [1.165, 1.54) is 51.6 Å². The minimum absolute atomic E-state index is 0.488. The van der Waals surface area contributed by atoms with Crippen molar-refractivity contribution in [2.75, 3.05) is 13.1 Å². The molecular formula is C13H28N2. The molecular weight excluding hydrogens is 184 g/mol. The minimum Gasteiger partial charge on any atom is -0.328 e. The maximum absolute atomic E-state index is 5.89. The smallest absolute Gasteiger partial charge is 0.00390 e. The lowest BCUT2D eigenvalue weighted by atomic mass is 9.86. The second-order valence-corrected chi connectivity index (χ2v) is 5.52. The predicted octanol–water partition coefficient (Wildman–Crippen LogP) is 2.53. The lowest BCUT2D eigenvalue weighted by Gasteiger charge is -2.26. The number of hydrogen-bond donors (Lipinski definition) is 2. The SMILES string of the molecule is CC(C)CCCNCC1CCC(N)CC1. The summed E-state index contributed by atoms with van der Waals surface area (Å²) in [5.41, 5.74) is 5.89. The van der Waals surface area contributed by atoms with Crippen LogP contribution in [0.2, 0.25) is 0 Å². The van der Waals surface area contributed by atoms with Gasteiger partial charge in [0.1, 0.15) is 0 Å². The molecule has 2 heteroatoms. The predicted molar refractivity (Wildman–Crippen MR) is 66.9 cm³/mol. The standard InChI is InChI=1S/C13H28N2/c1-11(2)4-3-9-15-10-12-5-7-13(14)8-6-12/h11-13,15H,3-10,14H2,1-2H3. The third-order valence-corrected chi connectivity index (χ3v) is 3.46. The van der Waals surface area contributed by atoms with Crippen molar-refractivity contribution in [3.8, 4) is 0 Å². The van der Waals surface area contributed by atoms with Crippen molar-refractivity contribution in [3.63, 3.8) is 0 Å². The molecule has 0 heterocycles. The Balaban J connectivity index is 1.91. The Morgan fingerprint density at radius 2 is 1.87 bits per heavy atom. The van der Waals surface area contributed by atoms with Gasteiger partial charge < -0.3 is 11.1 Å². The van der Waals surface area contributed by atoms with E-state index in [9.17, 15) is 0 Å². The van der Waals surface area contributed by atoms with Gasteiger partial charge in [-0.3, -0.25) is 0 Å². The molecule has 0 atom stereocenters. The molecule has 0 aliphatic heterocycles. The second kappa shape index (κ2) is 7.24. The molecule has 0 unspecified atom stereocenters. The molecule has 0 radical (unpaired) electrons. The lowest BCUT2D eigenvalue weighted by molar-refractivity contribution is 0.313. The largest absolute Gasteiger partial charge is 0.328 e. The van der Waals surface area contributed by atoms with E-state index in [0.29, 0.717) is 6.04 Å². The number of rotatable bonds is 6. The van der Waals surface area contributed by atoms with Crippen LogP contribution in [0.15, 0.2) is 0 Å². The molecule has 1 aliphatic carbocycles. The van der Waals surface area contributed by atoms with Crippen LogP contribution < -0.4 is 11.1 Å². The molecule has 0 aromatic heterocycles. The first kappa shape index (κ1) is 13.0. The van der Waals surface area contributed by atoms with Crippen LogP contribution in [0.25, 0.3) is 0 Å². The summed E-state index contributed by atoms with van der Waals surface area (Å²) in [7, 11) is 0. The summed E-state index contributed by atoms with van der Waals surface area (Å²) in [5, 5.41) is 3.58. The molecule has 0 aromatic rings. The lowest BCUT2D eigenvalue weighted by Crippen LogP contribution is -2.32. The van der Waals surface area contributed by atoms with E-state index in [-0.39, 0.29) is 0 Å². The third-order valence-electron chi connectivity index (χ3n) is 3.46. The highest BCUT2D eigenvalue weighted by molar-refractivity contribution is 4.75. The molecule has 0 saturated heterocycles. The van der Waals surface area contributed by atoms with Crippen LogP contribution in [0.4, 0.5) is 0 Å². The Morgan fingerprint density at radius 1 is 1.20 bits per heavy atom. The molecule has 0 bridgehead atoms. The fourth-order valence-corrected chi connectivity index (χ4v) is 2.33. The normalized spacial score (nSPS) is 27.2. The molecule has 1 fully saturated rings. The summed E-state index contributed by atoms with van der Waals surface area (Å²) in [4.78, 5) is 0. The zero-order valence-corrected chi connectivity index (χ0v) is 10.5. The zero-order chi connectivity index (χ0) is 11.1. The van der Waals surface area contributed by atoms with Gasteiger partial charge in [0, 0.05) is 6.04 Å². The molecule has 0 aromatic carbocycles. The Hall–Kier alpha value is -0.0800. The van der Waals surface area contributed by atoms with E-state index in [2.05, 4.69) is 19.2 Å². The van der Waals surface area contributed by atoms with Gasteiger partial charge in [-0.15, -0.1) is 0 Å². The maximum atomic E-state index is 5.89. The molecule has 1 aliphatic rings. The van der Waals surface area contributed by atoms with E-state index in [4.69, 9.17) is 5.73 Å². The van der Waals surface area contributed by atoms with Crippen LogP contribution in [0.3, 0.4) is 0 Å². The molecule has 3 N–H and O–H groups in total. The van der Waals surface area contributed by atoms with E-state index >= 15 is 0 Å². The van der Waals surface area contributed by atoms with Gasteiger partial charge in [-0.05, 0) is 63.5 Å². The average molecular weight is 212 g/mol. The van der Waals surface area contributed by atoms with Gasteiger partial charge in [0.2, 0.25) is 0 Å². The minimum atomic E-state index is 0.488. The molecule has 2 nitrogen and oxygen atoms in total. The summed E-state index contributed by atoms with van der Waals surface area (Å²) in [6, 6.07) is 0.488. The van der Waals surface area contributed by atoms with Crippen LogP contribution in [0.5, 0.6) is 0 Å². The third kappa shape index (κ3) is 6.16.